The van der Waals surface area contributed by atoms with Gasteiger partial charge in [-0.15, -0.1) is 11.8 Å². The van der Waals surface area contributed by atoms with Crippen molar-refractivity contribution in [3.05, 3.63) is 81.2 Å². The molecule has 0 bridgehead atoms. The van der Waals surface area contributed by atoms with Crippen molar-refractivity contribution in [2.24, 2.45) is 5.41 Å². The van der Waals surface area contributed by atoms with Gasteiger partial charge < -0.3 is 14.2 Å². The molecule has 0 aliphatic carbocycles. The Bertz CT molecular complexity index is 1170. The van der Waals surface area contributed by atoms with Gasteiger partial charge in [0.05, 0.1) is 0 Å². The fourth-order valence-electron chi connectivity index (χ4n) is 5.18. The van der Waals surface area contributed by atoms with E-state index in [2.05, 4.69) is 89.4 Å². The van der Waals surface area contributed by atoms with Crippen molar-refractivity contribution in [2.75, 3.05) is 12.8 Å². The molecule has 3 heterocycles. The average Bonchev–Trinajstić information content (AvgIpc) is 3.05. The van der Waals surface area contributed by atoms with Crippen LogP contribution in [-0.4, -0.2) is 34.3 Å². The van der Waals surface area contributed by atoms with E-state index in [9.17, 15) is 4.79 Å². The zero-order valence-electron chi connectivity index (χ0n) is 18.8. The molecule has 1 fully saturated rings. The highest BCUT2D eigenvalue weighted by atomic mass is 127. The molecule has 1 saturated heterocycles. The number of hydrogen-bond donors (Lipinski definition) is 0. The molecule has 1 aromatic heterocycles. The molecule has 0 saturated carbocycles. The van der Waals surface area contributed by atoms with E-state index in [0.29, 0.717) is 6.54 Å². The standard InChI is InChI=1S/C26H27IN2O2S/c1-17-14-21-22(29(17)19-12-10-18(27)11-13-19)15-25(2,3)16-28-24(30)23(26(21,28)32-4)31-20-8-6-5-7-9-20/h5-14,23H,15-16H2,1-4H3/t23-,26-/m1/s1. The lowest BCUT2D eigenvalue weighted by Crippen LogP contribution is -2.72. The predicted molar refractivity (Wildman–Crippen MR) is 138 cm³/mol. The molecule has 32 heavy (non-hydrogen) atoms. The summed E-state index contributed by atoms with van der Waals surface area (Å²) in [6.45, 7) is 7.38. The van der Waals surface area contributed by atoms with Crippen molar-refractivity contribution in [1.29, 1.82) is 0 Å². The Kier molecular flexibility index (Phi) is 5.36. The Morgan fingerprint density at radius 1 is 1.09 bits per heavy atom. The number of ether oxygens (including phenoxy) is 1. The van der Waals surface area contributed by atoms with Crippen LogP contribution in [0, 0.1) is 15.9 Å². The van der Waals surface area contributed by atoms with Gasteiger partial charge >= 0.3 is 0 Å². The van der Waals surface area contributed by atoms with E-state index in [4.69, 9.17) is 4.74 Å². The monoisotopic (exact) mass is 558 g/mol. The van der Waals surface area contributed by atoms with Gasteiger partial charge in [-0.2, -0.15) is 0 Å². The minimum Gasteiger partial charge on any atom is -0.477 e. The number of halogens is 1. The fraction of sp³-hybridized carbons (Fsp3) is 0.346. The smallest absolute Gasteiger partial charge is 0.269 e. The second kappa shape index (κ2) is 7.83. The quantitative estimate of drug-likeness (QED) is 0.301. The second-order valence-electron chi connectivity index (χ2n) is 9.43. The summed E-state index contributed by atoms with van der Waals surface area (Å²) in [7, 11) is 0. The first-order valence-corrected chi connectivity index (χ1v) is 13.1. The molecule has 4 nitrogen and oxygen atoms in total. The Hall–Kier alpha value is -1.93. The van der Waals surface area contributed by atoms with Gasteiger partial charge in [0.1, 0.15) is 5.75 Å². The lowest BCUT2D eigenvalue weighted by Gasteiger charge is -2.56. The lowest BCUT2D eigenvalue weighted by atomic mass is 9.87. The van der Waals surface area contributed by atoms with E-state index < -0.39 is 11.0 Å². The van der Waals surface area contributed by atoms with Crippen LogP contribution < -0.4 is 4.74 Å². The zero-order valence-corrected chi connectivity index (χ0v) is 21.7. The van der Waals surface area contributed by atoms with E-state index in [1.807, 2.05) is 30.3 Å². The van der Waals surface area contributed by atoms with E-state index >= 15 is 0 Å². The van der Waals surface area contributed by atoms with Crippen LogP contribution in [-0.2, 0) is 16.1 Å². The van der Waals surface area contributed by atoms with Gasteiger partial charge in [0, 0.05) is 32.8 Å². The number of β-lactam (4-membered cyclic amide) rings is 1. The summed E-state index contributed by atoms with van der Waals surface area (Å²) >= 11 is 4.06. The number of para-hydroxylation sites is 1. The number of carbonyl (C=O) groups is 1. The van der Waals surface area contributed by atoms with E-state index in [1.54, 1.807) is 11.8 Å². The minimum atomic E-state index is -0.542. The molecule has 3 aromatic rings. The van der Waals surface area contributed by atoms with Crippen molar-refractivity contribution in [3.8, 4) is 11.4 Å². The van der Waals surface area contributed by atoms with Crippen LogP contribution in [0.5, 0.6) is 5.75 Å². The molecule has 1 amide bonds. The topological polar surface area (TPSA) is 34.5 Å². The summed E-state index contributed by atoms with van der Waals surface area (Å²) in [5.74, 6) is 0.807. The molecule has 2 aliphatic rings. The lowest BCUT2D eigenvalue weighted by molar-refractivity contribution is -0.171. The molecule has 0 spiro atoms. The van der Waals surface area contributed by atoms with Crippen LogP contribution in [0.3, 0.4) is 0 Å². The van der Waals surface area contributed by atoms with E-state index in [1.165, 1.54) is 20.5 Å². The van der Waals surface area contributed by atoms with Crippen molar-refractivity contribution in [2.45, 2.75) is 38.2 Å². The summed E-state index contributed by atoms with van der Waals surface area (Å²) in [4.78, 5) is 14.9. The predicted octanol–water partition coefficient (Wildman–Crippen LogP) is 5.78. The highest BCUT2D eigenvalue weighted by Crippen LogP contribution is 2.56. The molecule has 2 aliphatic heterocycles. The highest BCUT2D eigenvalue weighted by molar-refractivity contribution is 14.1. The summed E-state index contributed by atoms with van der Waals surface area (Å²) in [5, 5.41) is 0. The number of hydrogen-bond acceptors (Lipinski definition) is 3. The number of fused-ring (bicyclic) bond motifs is 3. The van der Waals surface area contributed by atoms with Crippen LogP contribution in [0.2, 0.25) is 0 Å². The van der Waals surface area contributed by atoms with Crippen molar-refractivity contribution < 1.29 is 9.53 Å². The number of amides is 1. The van der Waals surface area contributed by atoms with Gasteiger partial charge in [0.15, 0.2) is 4.87 Å². The number of aromatic nitrogens is 1. The van der Waals surface area contributed by atoms with Crippen LogP contribution in [0.15, 0.2) is 60.7 Å². The number of carbonyl (C=O) groups excluding carboxylic acids is 1. The van der Waals surface area contributed by atoms with E-state index in [0.717, 1.165) is 17.9 Å². The maximum atomic E-state index is 13.4. The average molecular weight is 558 g/mol. The van der Waals surface area contributed by atoms with Gasteiger partial charge in [-0.05, 0) is 90.1 Å². The fourth-order valence-corrected chi connectivity index (χ4v) is 6.68. The van der Waals surface area contributed by atoms with Crippen molar-refractivity contribution >= 4 is 40.3 Å². The summed E-state index contributed by atoms with van der Waals surface area (Å²) < 4.78 is 9.95. The van der Waals surface area contributed by atoms with Crippen molar-refractivity contribution in [1.82, 2.24) is 9.47 Å². The van der Waals surface area contributed by atoms with Crippen LogP contribution in [0.4, 0.5) is 0 Å². The van der Waals surface area contributed by atoms with Crippen LogP contribution >= 0.6 is 34.4 Å². The number of thioether (sulfide) groups is 1. The van der Waals surface area contributed by atoms with Gasteiger partial charge in [0.2, 0.25) is 6.10 Å². The molecule has 2 aromatic carbocycles. The Balaban J connectivity index is 1.69. The Morgan fingerprint density at radius 3 is 2.44 bits per heavy atom. The van der Waals surface area contributed by atoms with Gasteiger partial charge in [-0.3, -0.25) is 4.79 Å². The molecule has 0 N–H and O–H groups in total. The second-order valence-corrected chi connectivity index (χ2v) is 11.7. The van der Waals surface area contributed by atoms with E-state index in [-0.39, 0.29) is 11.3 Å². The minimum absolute atomic E-state index is 0.0502. The highest BCUT2D eigenvalue weighted by Gasteiger charge is 2.66. The molecule has 5 rings (SSSR count). The number of aryl methyl sites for hydroxylation is 1. The summed E-state index contributed by atoms with van der Waals surface area (Å²) in [6.07, 6.45) is 2.45. The molecule has 6 heteroatoms. The number of benzene rings is 2. The summed E-state index contributed by atoms with van der Waals surface area (Å²) in [6, 6.07) is 20.6. The third-order valence-corrected chi connectivity index (χ3v) is 8.54. The summed E-state index contributed by atoms with van der Waals surface area (Å²) in [5.41, 5.74) is 4.77. The largest absolute Gasteiger partial charge is 0.477 e. The molecular formula is C26H27IN2O2S. The first-order valence-electron chi connectivity index (χ1n) is 10.8. The first kappa shape index (κ1) is 21.9. The molecular weight excluding hydrogens is 531 g/mol. The van der Waals surface area contributed by atoms with Gasteiger partial charge in [0.25, 0.3) is 5.91 Å². The zero-order chi connectivity index (χ0) is 22.7. The third-order valence-electron chi connectivity index (χ3n) is 6.54. The van der Waals surface area contributed by atoms with Crippen molar-refractivity contribution in [3.63, 3.8) is 0 Å². The third kappa shape index (κ3) is 3.29. The number of rotatable bonds is 4. The van der Waals surface area contributed by atoms with Crippen LogP contribution in [0.1, 0.15) is 30.8 Å². The molecule has 0 radical (unpaired) electrons. The normalized spacial score (nSPS) is 23.7. The van der Waals surface area contributed by atoms with Gasteiger partial charge in [-0.1, -0.05) is 32.0 Å². The Morgan fingerprint density at radius 2 is 1.78 bits per heavy atom. The van der Waals surface area contributed by atoms with Gasteiger partial charge in [-0.25, -0.2) is 0 Å². The first-order chi connectivity index (χ1) is 15.3. The van der Waals surface area contributed by atoms with Crippen LogP contribution in [0.25, 0.3) is 5.69 Å². The maximum absolute atomic E-state index is 13.4. The molecule has 2 atom stereocenters. The number of nitrogens with zero attached hydrogens (tertiary/aromatic N) is 2. The SMILES string of the molecule is CS[C@@]12c3cc(C)n(-c4ccc(I)cc4)c3CC(C)(C)CN1C(=O)[C@H]2Oc1ccccc1. The maximum Gasteiger partial charge on any atom is 0.269 e. The molecule has 0 unspecified atom stereocenters. The Labute approximate surface area is 207 Å². The molecule has 166 valence electrons.